The lowest BCUT2D eigenvalue weighted by atomic mass is 10.1. The van der Waals surface area contributed by atoms with E-state index in [9.17, 15) is 0 Å². The molecule has 0 radical (unpaired) electrons. The van der Waals surface area contributed by atoms with E-state index in [4.69, 9.17) is 32.5 Å². The molecular weight excluding hydrogens is 308 g/mol. The highest BCUT2D eigenvalue weighted by Crippen LogP contribution is 2.44. The van der Waals surface area contributed by atoms with Crippen molar-refractivity contribution in [1.29, 1.82) is 21.0 Å². The zero-order chi connectivity index (χ0) is 17.4. The Morgan fingerprint density at radius 1 is 0.875 bits per heavy atom. The first-order valence-corrected chi connectivity index (χ1v) is 6.43. The molecule has 1 aromatic carbocycles. The average molecular weight is 314 g/mol. The number of benzene rings is 1. The molecule has 5 N–H and O–H groups in total. The van der Waals surface area contributed by atoms with Crippen molar-refractivity contribution in [1.82, 2.24) is 9.97 Å². The van der Waals surface area contributed by atoms with Gasteiger partial charge in [-0.15, -0.1) is 0 Å². The first kappa shape index (κ1) is 14.5. The van der Waals surface area contributed by atoms with Gasteiger partial charge in [0.2, 0.25) is 0 Å². The van der Waals surface area contributed by atoms with Crippen LogP contribution in [0.3, 0.4) is 0 Å². The highest BCUT2D eigenvalue weighted by atomic mass is 15.1. The van der Waals surface area contributed by atoms with Crippen molar-refractivity contribution >= 4 is 39.5 Å². The van der Waals surface area contributed by atoms with Gasteiger partial charge in [0.15, 0.2) is 23.1 Å². The number of nitriles is 4. The van der Waals surface area contributed by atoms with E-state index < -0.39 is 6.04 Å². The van der Waals surface area contributed by atoms with Gasteiger partial charge in [-0.1, -0.05) is 0 Å². The number of nitrogen functional groups attached to an aromatic ring is 2. The van der Waals surface area contributed by atoms with E-state index >= 15 is 0 Å². The Labute approximate surface area is 134 Å². The van der Waals surface area contributed by atoms with Gasteiger partial charge in [-0.3, -0.25) is 0 Å². The van der Waals surface area contributed by atoms with E-state index in [0.717, 1.165) is 0 Å². The van der Waals surface area contributed by atoms with Crippen LogP contribution in [0.15, 0.2) is 4.99 Å². The minimum Gasteiger partial charge on any atom is -0.395 e. The number of aliphatic imine (C=N–C) groups is 1. The van der Waals surface area contributed by atoms with Crippen LogP contribution in [0, 0.1) is 45.3 Å². The summed E-state index contributed by atoms with van der Waals surface area (Å²) < 4.78 is 0. The number of hydrogen-bond donors (Lipinski definition) is 3. The van der Waals surface area contributed by atoms with Gasteiger partial charge in [0, 0.05) is 0 Å². The van der Waals surface area contributed by atoms with Crippen molar-refractivity contribution < 1.29 is 0 Å². The van der Waals surface area contributed by atoms with Crippen LogP contribution in [-0.4, -0.2) is 21.7 Å². The maximum atomic E-state index is 9.17. The summed E-state index contributed by atoms with van der Waals surface area (Å²) in [6, 6.07) is 6.25. The molecule has 0 saturated heterocycles. The second kappa shape index (κ2) is 5.10. The molecule has 0 aliphatic carbocycles. The molecule has 0 spiro atoms. The molecular formula is C14H6N10. The fourth-order valence-corrected chi connectivity index (χ4v) is 2.29. The molecule has 3 rings (SSSR count). The minimum atomic E-state index is -1.00. The summed E-state index contributed by atoms with van der Waals surface area (Å²) in [5.74, 6) is 0. The number of nitrogens with two attached hydrogens (primary N) is 2. The number of hydrogen-bond acceptors (Lipinski definition) is 10. The van der Waals surface area contributed by atoms with Gasteiger partial charge in [0.05, 0.1) is 23.1 Å². The first-order valence-electron chi connectivity index (χ1n) is 6.43. The fourth-order valence-electron chi connectivity index (χ4n) is 2.29. The van der Waals surface area contributed by atoms with Gasteiger partial charge in [0.1, 0.15) is 34.9 Å². The third-order valence-electron chi connectivity index (χ3n) is 3.42. The first-order chi connectivity index (χ1) is 11.5. The zero-order valence-corrected chi connectivity index (χ0v) is 11.9. The van der Waals surface area contributed by atoms with Crippen molar-refractivity contribution in [3.8, 4) is 24.3 Å². The summed E-state index contributed by atoms with van der Waals surface area (Å²) in [5, 5.41) is 39.2. The molecule has 0 bridgehead atoms. The van der Waals surface area contributed by atoms with E-state index in [1.807, 2.05) is 12.1 Å². The maximum absolute atomic E-state index is 9.17. The van der Waals surface area contributed by atoms with Gasteiger partial charge >= 0.3 is 0 Å². The number of anilines is 3. The average Bonchev–Trinajstić information content (AvgIpc) is 2.63. The van der Waals surface area contributed by atoms with E-state index in [0.29, 0.717) is 0 Å². The van der Waals surface area contributed by atoms with E-state index in [2.05, 4.69) is 20.3 Å². The second-order valence-electron chi connectivity index (χ2n) is 4.71. The largest absolute Gasteiger partial charge is 0.395 e. The smallest absolute Gasteiger partial charge is 0.177 e. The van der Waals surface area contributed by atoms with Crippen LogP contribution in [-0.2, 0) is 0 Å². The lowest BCUT2D eigenvalue weighted by molar-refractivity contribution is 1.13. The molecule has 1 aromatic heterocycles. The Morgan fingerprint density at radius 2 is 1.50 bits per heavy atom. The summed E-state index contributed by atoms with van der Waals surface area (Å²) in [4.78, 5) is 12.2. The maximum Gasteiger partial charge on any atom is 0.177 e. The fraction of sp³-hybridized carbons (Fsp3) is 0.0714. The van der Waals surface area contributed by atoms with E-state index in [-0.39, 0.29) is 50.9 Å². The predicted octanol–water partition coefficient (Wildman–Crippen LogP) is 0.451. The molecule has 112 valence electrons. The predicted molar refractivity (Wildman–Crippen MR) is 83.5 cm³/mol. The highest BCUT2D eigenvalue weighted by Gasteiger charge is 2.28. The zero-order valence-electron chi connectivity index (χ0n) is 11.9. The molecule has 24 heavy (non-hydrogen) atoms. The van der Waals surface area contributed by atoms with Crippen molar-refractivity contribution in [2.24, 2.45) is 4.99 Å². The van der Waals surface area contributed by atoms with Gasteiger partial charge in [0.25, 0.3) is 0 Å². The van der Waals surface area contributed by atoms with Crippen molar-refractivity contribution in [2.75, 3.05) is 16.8 Å². The molecule has 1 aliphatic rings. The van der Waals surface area contributed by atoms with Gasteiger partial charge in [-0.2, -0.15) is 21.0 Å². The molecule has 1 unspecified atom stereocenters. The number of nitrogens with one attached hydrogen (secondary N) is 1. The molecule has 2 aromatic rings. The number of fused-ring (bicyclic) bond motifs is 3. The summed E-state index contributed by atoms with van der Waals surface area (Å²) in [7, 11) is 0. The van der Waals surface area contributed by atoms with Crippen LogP contribution < -0.4 is 16.8 Å². The molecule has 0 amide bonds. The molecule has 1 aliphatic heterocycles. The van der Waals surface area contributed by atoms with Crippen molar-refractivity contribution in [2.45, 2.75) is 6.04 Å². The Morgan fingerprint density at radius 3 is 2.04 bits per heavy atom. The second-order valence-corrected chi connectivity index (χ2v) is 4.71. The summed E-state index contributed by atoms with van der Waals surface area (Å²) in [6.07, 6.45) is 0. The van der Waals surface area contributed by atoms with Gasteiger partial charge in [-0.05, 0) is 0 Å². The van der Waals surface area contributed by atoms with Crippen LogP contribution in [0.5, 0.6) is 0 Å². The Hall–Kier alpha value is -4.41. The third-order valence-corrected chi connectivity index (χ3v) is 3.42. The van der Waals surface area contributed by atoms with E-state index in [1.165, 1.54) is 0 Å². The third kappa shape index (κ3) is 1.82. The lowest BCUT2D eigenvalue weighted by Gasteiger charge is -2.22. The van der Waals surface area contributed by atoms with Crippen LogP contribution in [0.2, 0.25) is 0 Å². The SMILES string of the molecule is N#CC1=Nc2c(N)c(N)c3nc(C#N)c(C#N)nc3c2NC1C#N. The van der Waals surface area contributed by atoms with Crippen LogP contribution in [0.25, 0.3) is 11.0 Å². The lowest BCUT2D eigenvalue weighted by Crippen LogP contribution is -2.30. The Balaban J connectivity index is 2.48. The minimum absolute atomic E-state index is 0.0236. The summed E-state index contributed by atoms with van der Waals surface area (Å²) in [5.41, 5.74) is 12.1. The van der Waals surface area contributed by atoms with Crippen LogP contribution >= 0.6 is 0 Å². The molecule has 0 fully saturated rings. The molecule has 2 heterocycles. The van der Waals surface area contributed by atoms with Crippen LogP contribution in [0.4, 0.5) is 22.7 Å². The number of aromatic nitrogens is 2. The van der Waals surface area contributed by atoms with Gasteiger partial charge < -0.3 is 16.8 Å². The molecule has 10 heteroatoms. The normalized spacial score (nSPS) is 15.0. The summed E-state index contributed by atoms with van der Waals surface area (Å²) in [6.45, 7) is 0. The number of nitrogens with zero attached hydrogens (tertiary/aromatic N) is 7. The number of rotatable bonds is 0. The van der Waals surface area contributed by atoms with E-state index in [1.54, 1.807) is 12.1 Å². The molecule has 10 nitrogen and oxygen atoms in total. The monoisotopic (exact) mass is 314 g/mol. The topological polar surface area (TPSA) is 197 Å². The Bertz CT molecular complexity index is 1100. The van der Waals surface area contributed by atoms with Crippen LogP contribution in [0.1, 0.15) is 11.4 Å². The quantitative estimate of drug-likeness (QED) is 0.456. The molecule has 0 saturated carbocycles. The van der Waals surface area contributed by atoms with Crippen molar-refractivity contribution in [3.63, 3.8) is 0 Å². The Kier molecular flexibility index (Phi) is 3.09. The summed E-state index contributed by atoms with van der Waals surface area (Å²) >= 11 is 0. The molecule has 1 atom stereocenters. The van der Waals surface area contributed by atoms with Gasteiger partial charge in [-0.25, -0.2) is 15.0 Å². The standard InChI is InChI=1S/C14H6N10/c15-1-5-7(3-17)23-13-11(21-5)9(19)10(20)12-14(13)24-8(4-18)6(2-16)22-12/h7,23H,19-20H2. The highest BCUT2D eigenvalue weighted by molar-refractivity contribution is 6.17. The van der Waals surface area contributed by atoms with Crippen molar-refractivity contribution in [3.05, 3.63) is 11.4 Å².